The Kier molecular flexibility index (Phi) is 4.92. The summed E-state index contributed by atoms with van der Waals surface area (Å²) < 4.78 is 0. The van der Waals surface area contributed by atoms with Gasteiger partial charge >= 0.3 is 5.97 Å². The highest BCUT2D eigenvalue weighted by atomic mass is 32.1. The van der Waals surface area contributed by atoms with Gasteiger partial charge in [-0.3, -0.25) is 0 Å². The molecule has 0 saturated heterocycles. The summed E-state index contributed by atoms with van der Waals surface area (Å²) in [6, 6.07) is 1.71. The van der Waals surface area contributed by atoms with Gasteiger partial charge in [-0.25, -0.2) is 4.79 Å². The summed E-state index contributed by atoms with van der Waals surface area (Å²) in [5.41, 5.74) is 0.326. The van der Waals surface area contributed by atoms with E-state index in [1.807, 2.05) is 13.8 Å². The van der Waals surface area contributed by atoms with Gasteiger partial charge in [0.1, 0.15) is 0 Å². The zero-order chi connectivity index (χ0) is 12.1. The molecule has 0 fully saturated rings. The number of aromatic carboxylic acids is 1. The van der Waals surface area contributed by atoms with Gasteiger partial charge in [0.05, 0.1) is 12.2 Å². The van der Waals surface area contributed by atoms with Crippen LogP contribution in [-0.2, 0) is 6.54 Å². The predicted octanol–water partition coefficient (Wildman–Crippen LogP) is 1.55. The molecular weight excluding hydrogens is 226 g/mol. The number of carboxylic acid groups (broad SMARTS) is 1. The molecule has 0 bridgehead atoms. The van der Waals surface area contributed by atoms with Gasteiger partial charge in [-0.05, 0) is 12.0 Å². The lowest BCUT2D eigenvalue weighted by Gasteiger charge is -2.19. The Morgan fingerprint density at radius 1 is 1.56 bits per heavy atom. The molecule has 5 heteroatoms. The summed E-state index contributed by atoms with van der Waals surface area (Å²) in [4.78, 5) is 11.6. The summed E-state index contributed by atoms with van der Waals surface area (Å²) in [6.07, 6.45) is 0. The van der Waals surface area contributed by atoms with Gasteiger partial charge in [0.2, 0.25) is 0 Å². The van der Waals surface area contributed by atoms with Crippen molar-refractivity contribution in [2.24, 2.45) is 5.92 Å². The van der Waals surface area contributed by atoms with Crippen molar-refractivity contribution in [1.82, 2.24) is 5.32 Å². The number of carbonyl (C=O) groups is 1. The quantitative estimate of drug-likeness (QED) is 0.709. The lowest BCUT2D eigenvalue weighted by atomic mass is 10.1. The van der Waals surface area contributed by atoms with Crippen LogP contribution in [0.4, 0.5) is 0 Å². The lowest BCUT2D eigenvalue weighted by molar-refractivity contribution is 0.0697. The van der Waals surface area contributed by atoms with Gasteiger partial charge in [-0.15, -0.1) is 11.3 Å². The van der Waals surface area contributed by atoms with E-state index >= 15 is 0 Å². The summed E-state index contributed by atoms with van der Waals surface area (Å²) in [5, 5.41) is 22.7. The molecular formula is C11H17NO3S. The maximum Gasteiger partial charge on any atom is 0.336 e. The first-order valence-electron chi connectivity index (χ1n) is 5.19. The first-order valence-corrected chi connectivity index (χ1v) is 6.07. The van der Waals surface area contributed by atoms with Crippen molar-refractivity contribution in [3.05, 3.63) is 21.9 Å². The minimum Gasteiger partial charge on any atom is -0.478 e. The molecule has 16 heavy (non-hydrogen) atoms. The molecule has 0 amide bonds. The summed E-state index contributed by atoms with van der Waals surface area (Å²) in [5.74, 6) is -0.547. The molecule has 4 nitrogen and oxygen atoms in total. The third-order valence-electron chi connectivity index (χ3n) is 2.44. The molecule has 0 aliphatic carbocycles. The number of hydrogen-bond acceptors (Lipinski definition) is 4. The summed E-state index contributed by atoms with van der Waals surface area (Å²) in [7, 11) is 0. The SMILES string of the molecule is CC(C)[C@@H](CO)NCc1cc(C(=O)O)cs1. The van der Waals surface area contributed by atoms with Crippen molar-refractivity contribution in [1.29, 1.82) is 0 Å². The second-order valence-electron chi connectivity index (χ2n) is 4.02. The number of hydrogen-bond donors (Lipinski definition) is 3. The van der Waals surface area contributed by atoms with Crippen LogP contribution in [0.3, 0.4) is 0 Å². The fourth-order valence-electron chi connectivity index (χ4n) is 1.33. The Morgan fingerprint density at radius 3 is 2.69 bits per heavy atom. The van der Waals surface area contributed by atoms with E-state index in [1.165, 1.54) is 11.3 Å². The van der Waals surface area contributed by atoms with Crippen molar-refractivity contribution in [2.75, 3.05) is 6.61 Å². The van der Waals surface area contributed by atoms with Crippen molar-refractivity contribution >= 4 is 17.3 Å². The fourth-order valence-corrected chi connectivity index (χ4v) is 2.14. The Balaban J connectivity index is 2.50. The molecule has 0 radical (unpaired) electrons. The monoisotopic (exact) mass is 243 g/mol. The van der Waals surface area contributed by atoms with E-state index in [1.54, 1.807) is 11.4 Å². The smallest absolute Gasteiger partial charge is 0.336 e. The minimum absolute atomic E-state index is 0.0513. The molecule has 0 aromatic carbocycles. The highest BCUT2D eigenvalue weighted by molar-refractivity contribution is 7.10. The zero-order valence-electron chi connectivity index (χ0n) is 9.43. The topological polar surface area (TPSA) is 69.6 Å². The van der Waals surface area contributed by atoms with E-state index < -0.39 is 5.97 Å². The molecule has 3 N–H and O–H groups in total. The van der Waals surface area contributed by atoms with Crippen LogP contribution in [0.25, 0.3) is 0 Å². The van der Waals surface area contributed by atoms with E-state index in [0.29, 0.717) is 18.0 Å². The molecule has 0 aliphatic heterocycles. The van der Waals surface area contributed by atoms with Crippen molar-refractivity contribution < 1.29 is 15.0 Å². The molecule has 1 aromatic rings. The van der Waals surface area contributed by atoms with Gasteiger partial charge in [0.25, 0.3) is 0 Å². The van der Waals surface area contributed by atoms with Gasteiger partial charge in [0, 0.05) is 22.8 Å². The maximum atomic E-state index is 10.7. The first kappa shape index (κ1) is 13.2. The fraction of sp³-hybridized carbons (Fsp3) is 0.545. The third-order valence-corrected chi connectivity index (χ3v) is 3.38. The van der Waals surface area contributed by atoms with Crippen molar-refractivity contribution in [2.45, 2.75) is 26.4 Å². The second-order valence-corrected chi connectivity index (χ2v) is 5.02. The van der Waals surface area contributed by atoms with Crippen LogP contribution in [0.15, 0.2) is 11.4 Å². The highest BCUT2D eigenvalue weighted by Gasteiger charge is 2.12. The summed E-state index contributed by atoms with van der Waals surface area (Å²) in [6.45, 7) is 4.76. The third kappa shape index (κ3) is 3.59. The Labute approximate surface area is 98.9 Å². The van der Waals surface area contributed by atoms with E-state index in [2.05, 4.69) is 5.32 Å². The van der Waals surface area contributed by atoms with E-state index in [4.69, 9.17) is 10.2 Å². The van der Waals surface area contributed by atoms with E-state index in [9.17, 15) is 4.79 Å². The highest BCUT2D eigenvalue weighted by Crippen LogP contribution is 2.15. The number of nitrogens with one attached hydrogen (secondary N) is 1. The van der Waals surface area contributed by atoms with Gasteiger partial charge < -0.3 is 15.5 Å². The molecule has 1 rings (SSSR count). The molecule has 0 aliphatic rings. The number of aliphatic hydroxyl groups excluding tert-OH is 1. The van der Waals surface area contributed by atoms with Gasteiger partial charge in [-0.2, -0.15) is 0 Å². The van der Waals surface area contributed by atoms with Crippen LogP contribution >= 0.6 is 11.3 Å². The maximum absolute atomic E-state index is 10.7. The van der Waals surface area contributed by atoms with Crippen LogP contribution in [0, 0.1) is 5.92 Å². The molecule has 0 spiro atoms. The Morgan fingerprint density at radius 2 is 2.25 bits per heavy atom. The zero-order valence-corrected chi connectivity index (χ0v) is 10.3. The molecule has 0 unspecified atom stereocenters. The largest absolute Gasteiger partial charge is 0.478 e. The van der Waals surface area contributed by atoms with E-state index in [0.717, 1.165) is 4.88 Å². The van der Waals surface area contributed by atoms with Crippen LogP contribution in [-0.4, -0.2) is 28.8 Å². The minimum atomic E-state index is -0.898. The number of carboxylic acids is 1. The second kappa shape index (κ2) is 5.98. The van der Waals surface area contributed by atoms with Crippen molar-refractivity contribution in [3.63, 3.8) is 0 Å². The molecule has 1 atom stereocenters. The molecule has 1 heterocycles. The van der Waals surface area contributed by atoms with Crippen LogP contribution in [0.2, 0.25) is 0 Å². The summed E-state index contributed by atoms with van der Waals surface area (Å²) >= 11 is 1.42. The number of aliphatic hydroxyl groups is 1. The van der Waals surface area contributed by atoms with Gasteiger partial charge in [-0.1, -0.05) is 13.8 Å². The molecule has 0 saturated carbocycles. The van der Waals surface area contributed by atoms with Crippen LogP contribution < -0.4 is 5.32 Å². The normalized spacial score (nSPS) is 13.0. The first-order chi connectivity index (χ1) is 7.54. The molecule has 1 aromatic heterocycles. The van der Waals surface area contributed by atoms with Gasteiger partial charge in [0.15, 0.2) is 0 Å². The standard InChI is InChI=1S/C11H17NO3S/c1-7(2)10(5-13)12-4-9-3-8(6-16-9)11(14)15/h3,6-7,10,12-13H,4-5H2,1-2H3,(H,14,15)/t10-/m1/s1. The number of rotatable bonds is 6. The van der Waals surface area contributed by atoms with Crippen LogP contribution in [0.5, 0.6) is 0 Å². The van der Waals surface area contributed by atoms with E-state index in [-0.39, 0.29) is 12.6 Å². The van der Waals surface area contributed by atoms with Crippen LogP contribution in [0.1, 0.15) is 29.1 Å². The average molecular weight is 243 g/mol. The lowest BCUT2D eigenvalue weighted by Crippen LogP contribution is -2.36. The van der Waals surface area contributed by atoms with Crippen molar-refractivity contribution in [3.8, 4) is 0 Å². The average Bonchev–Trinajstić information content (AvgIpc) is 2.67. The predicted molar refractivity (Wildman–Crippen MR) is 63.8 cm³/mol. The molecule has 90 valence electrons. The Hall–Kier alpha value is -0.910. The Bertz CT molecular complexity index is 349. The number of thiophene rings is 1.